The Labute approximate surface area is 116 Å². The standard InChI is InChI=1S/C14H29N3O2/c1-14(2,3)8-11(10-18)16-13(19)15-9-12-6-5-7-17(12)4/h11-12,18H,5-10H2,1-4H3,(H2,15,16,19). The fourth-order valence-electron chi connectivity index (χ4n) is 2.58. The first-order chi connectivity index (χ1) is 8.81. The minimum absolute atomic E-state index is 0.0198. The van der Waals surface area contributed by atoms with Crippen LogP contribution < -0.4 is 10.6 Å². The van der Waals surface area contributed by atoms with E-state index in [2.05, 4.69) is 43.4 Å². The number of rotatable bonds is 5. The molecule has 2 atom stereocenters. The third-order valence-electron chi connectivity index (χ3n) is 3.58. The van der Waals surface area contributed by atoms with Crippen LogP contribution in [-0.2, 0) is 0 Å². The zero-order chi connectivity index (χ0) is 14.5. The second-order valence-electron chi connectivity index (χ2n) is 6.78. The highest BCUT2D eigenvalue weighted by atomic mass is 16.3. The largest absolute Gasteiger partial charge is 0.394 e. The molecule has 0 aromatic rings. The zero-order valence-electron chi connectivity index (χ0n) is 12.7. The first kappa shape index (κ1) is 16.2. The van der Waals surface area contributed by atoms with Gasteiger partial charge in [-0.3, -0.25) is 0 Å². The molecule has 112 valence electrons. The SMILES string of the molecule is CN1CCCC1CNC(=O)NC(CO)CC(C)(C)C. The third-order valence-corrected chi connectivity index (χ3v) is 3.58. The highest BCUT2D eigenvalue weighted by Gasteiger charge is 2.23. The Kier molecular flexibility index (Phi) is 6.07. The monoisotopic (exact) mass is 271 g/mol. The lowest BCUT2D eigenvalue weighted by Crippen LogP contribution is -2.48. The molecule has 0 radical (unpaired) electrons. The Morgan fingerprint density at radius 1 is 1.47 bits per heavy atom. The van der Waals surface area contributed by atoms with Crippen molar-refractivity contribution in [3.05, 3.63) is 0 Å². The second-order valence-corrected chi connectivity index (χ2v) is 6.78. The summed E-state index contributed by atoms with van der Waals surface area (Å²) in [5.74, 6) is 0. The predicted octanol–water partition coefficient (Wildman–Crippen LogP) is 1.18. The van der Waals surface area contributed by atoms with Crippen molar-refractivity contribution in [2.24, 2.45) is 5.41 Å². The summed E-state index contributed by atoms with van der Waals surface area (Å²) in [6.07, 6.45) is 3.11. The number of likely N-dealkylation sites (N-methyl/N-ethyl adjacent to an activating group) is 1. The van der Waals surface area contributed by atoms with E-state index < -0.39 is 0 Å². The van der Waals surface area contributed by atoms with Gasteiger partial charge in [0.25, 0.3) is 0 Å². The average molecular weight is 271 g/mol. The van der Waals surface area contributed by atoms with Crippen LogP contribution in [0.15, 0.2) is 0 Å². The van der Waals surface area contributed by atoms with E-state index in [1.54, 1.807) is 0 Å². The van der Waals surface area contributed by atoms with Crippen molar-refractivity contribution < 1.29 is 9.90 Å². The van der Waals surface area contributed by atoms with E-state index in [0.717, 1.165) is 19.4 Å². The summed E-state index contributed by atoms with van der Waals surface area (Å²) in [4.78, 5) is 14.1. The highest BCUT2D eigenvalue weighted by Crippen LogP contribution is 2.20. The van der Waals surface area contributed by atoms with Gasteiger partial charge >= 0.3 is 6.03 Å². The molecular formula is C14H29N3O2. The number of nitrogens with zero attached hydrogens (tertiary/aromatic N) is 1. The van der Waals surface area contributed by atoms with E-state index in [1.807, 2.05) is 0 Å². The van der Waals surface area contributed by atoms with Crippen LogP contribution in [0.3, 0.4) is 0 Å². The number of aliphatic hydroxyl groups excluding tert-OH is 1. The first-order valence-electron chi connectivity index (χ1n) is 7.17. The molecule has 1 rings (SSSR count). The number of carbonyl (C=O) groups excluding carboxylic acids is 1. The molecule has 0 aliphatic carbocycles. The van der Waals surface area contributed by atoms with Gasteiger partial charge < -0.3 is 20.6 Å². The predicted molar refractivity (Wildman–Crippen MR) is 77.1 cm³/mol. The molecule has 1 saturated heterocycles. The van der Waals surface area contributed by atoms with Crippen LogP contribution in [0, 0.1) is 5.41 Å². The number of urea groups is 1. The molecule has 0 aromatic carbocycles. The van der Waals surface area contributed by atoms with E-state index in [1.165, 1.54) is 6.42 Å². The van der Waals surface area contributed by atoms with E-state index in [-0.39, 0.29) is 24.1 Å². The molecule has 3 N–H and O–H groups in total. The van der Waals surface area contributed by atoms with Crippen molar-refractivity contribution in [2.45, 2.75) is 52.1 Å². The van der Waals surface area contributed by atoms with E-state index >= 15 is 0 Å². The first-order valence-corrected chi connectivity index (χ1v) is 7.17. The molecule has 19 heavy (non-hydrogen) atoms. The van der Waals surface area contributed by atoms with Gasteiger partial charge in [0.2, 0.25) is 0 Å². The Morgan fingerprint density at radius 2 is 2.16 bits per heavy atom. The third kappa shape index (κ3) is 6.25. The second kappa shape index (κ2) is 7.10. The van der Waals surface area contributed by atoms with Gasteiger partial charge in [0.1, 0.15) is 0 Å². The summed E-state index contributed by atoms with van der Waals surface area (Å²) >= 11 is 0. The molecule has 1 heterocycles. The number of amides is 2. The number of hydrogen-bond donors (Lipinski definition) is 3. The molecule has 2 unspecified atom stereocenters. The van der Waals surface area contributed by atoms with Gasteiger partial charge in [0.05, 0.1) is 12.6 Å². The van der Waals surface area contributed by atoms with Gasteiger partial charge in [0, 0.05) is 12.6 Å². The lowest BCUT2D eigenvalue weighted by Gasteiger charge is -2.26. The molecular weight excluding hydrogens is 242 g/mol. The summed E-state index contributed by atoms with van der Waals surface area (Å²) in [5.41, 5.74) is 0.0896. The topological polar surface area (TPSA) is 64.6 Å². The molecule has 5 nitrogen and oxygen atoms in total. The van der Waals surface area contributed by atoms with E-state index in [9.17, 15) is 9.90 Å². The highest BCUT2D eigenvalue weighted by molar-refractivity contribution is 5.74. The lowest BCUT2D eigenvalue weighted by molar-refractivity contribution is 0.189. The number of carbonyl (C=O) groups is 1. The van der Waals surface area contributed by atoms with Crippen LogP contribution in [0.2, 0.25) is 0 Å². The van der Waals surface area contributed by atoms with Crippen molar-refractivity contribution in [1.82, 2.24) is 15.5 Å². The van der Waals surface area contributed by atoms with Gasteiger partial charge in [-0.2, -0.15) is 0 Å². The Balaban J connectivity index is 2.29. The molecule has 1 aliphatic rings. The summed E-state index contributed by atoms with van der Waals surface area (Å²) in [5, 5.41) is 15.1. The van der Waals surface area contributed by atoms with Crippen molar-refractivity contribution in [2.75, 3.05) is 26.7 Å². The lowest BCUT2D eigenvalue weighted by atomic mass is 9.88. The summed E-state index contributed by atoms with van der Waals surface area (Å²) in [7, 11) is 2.09. The average Bonchev–Trinajstić information content (AvgIpc) is 2.69. The number of nitrogens with one attached hydrogen (secondary N) is 2. The molecule has 0 aromatic heterocycles. The van der Waals surface area contributed by atoms with Gasteiger partial charge in [-0.25, -0.2) is 4.79 Å². The van der Waals surface area contributed by atoms with Crippen molar-refractivity contribution in [3.63, 3.8) is 0 Å². The fourth-order valence-corrected chi connectivity index (χ4v) is 2.58. The van der Waals surface area contributed by atoms with Crippen LogP contribution in [0.25, 0.3) is 0 Å². The Morgan fingerprint density at radius 3 is 2.63 bits per heavy atom. The maximum Gasteiger partial charge on any atom is 0.315 e. The molecule has 0 spiro atoms. The normalized spacial score (nSPS) is 22.3. The minimum atomic E-state index is -0.179. The molecule has 0 saturated carbocycles. The summed E-state index contributed by atoms with van der Waals surface area (Å²) < 4.78 is 0. The smallest absolute Gasteiger partial charge is 0.315 e. The quantitative estimate of drug-likeness (QED) is 0.703. The van der Waals surface area contributed by atoms with Crippen LogP contribution in [0.4, 0.5) is 4.79 Å². The Bertz CT molecular complexity index is 289. The number of aliphatic hydroxyl groups is 1. The van der Waals surface area contributed by atoms with Gasteiger partial charge in [0.15, 0.2) is 0 Å². The van der Waals surface area contributed by atoms with Crippen LogP contribution in [-0.4, -0.2) is 54.9 Å². The van der Waals surface area contributed by atoms with E-state index in [4.69, 9.17) is 0 Å². The molecule has 2 amide bonds. The van der Waals surface area contributed by atoms with Crippen LogP contribution >= 0.6 is 0 Å². The van der Waals surface area contributed by atoms with Crippen LogP contribution in [0.5, 0.6) is 0 Å². The van der Waals surface area contributed by atoms with Gasteiger partial charge in [-0.1, -0.05) is 20.8 Å². The maximum atomic E-state index is 11.8. The van der Waals surface area contributed by atoms with Crippen LogP contribution in [0.1, 0.15) is 40.0 Å². The number of hydrogen-bond acceptors (Lipinski definition) is 3. The zero-order valence-corrected chi connectivity index (χ0v) is 12.7. The summed E-state index contributed by atoms with van der Waals surface area (Å²) in [6.45, 7) is 8.06. The van der Waals surface area contributed by atoms with Crippen molar-refractivity contribution in [1.29, 1.82) is 0 Å². The number of likely N-dealkylation sites (tertiary alicyclic amines) is 1. The molecule has 0 bridgehead atoms. The minimum Gasteiger partial charge on any atom is -0.394 e. The fraction of sp³-hybridized carbons (Fsp3) is 0.929. The Hall–Kier alpha value is -0.810. The van der Waals surface area contributed by atoms with Gasteiger partial charge in [-0.15, -0.1) is 0 Å². The summed E-state index contributed by atoms with van der Waals surface area (Å²) in [6, 6.07) is 0.0888. The molecule has 1 aliphatic heterocycles. The molecule has 5 heteroatoms. The van der Waals surface area contributed by atoms with E-state index in [0.29, 0.717) is 12.6 Å². The van der Waals surface area contributed by atoms with Crippen molar-refractivity contribution in [3.8, 4) is 0 Å². The van der Waals surface area contributed by atoms with Crippen molar-refractivity contribution >= 4 is 6.03 Å². The van der Waals surface area contributed by atoms with Gasteiger partial charge in [-0.05, 0) is 38.3 Å². The molecule has 1 fully saturated rings. The maximum absolute atomic E-state index is 11.8.